The first-order valence-electron chi connectivity index (χ1n) is 16.9. The highest BCUT2D eigenvalue weighted by molar-refractivity contribution is 5.88. The van der Waals surface area contributed by atoms with Gasteiger partial charge in [0, 0.05) is 42.0 Å². The van der Waals surface area contributed by atoms with E-state index in [2.05, 4.69) is 10.3 Å². The maximum Gasteiger partial charge on any atom is 0.410 e. The molecule has 1 aromatic heterocycles. The minimum absolute atomic E-state index is 0.00680. The zero-order valence-corrected chi connectivity index (χ0v) is 28.1. The molecule has 2 saturated heterocycles. The first-order chi connectivity index (χ1) is 22.4. The van der Waals surface area contributed by atoms with Crippen molar-refractivity contribution in [3.63, 3.8) is 0 Å². The zero-order chi connectivity index (χ0) is 33.9. The Morgan fingerprint density at radius 1 is 1.11 bits per heavy atom. The van der Waals surface area contributed by atoms with Gasteiger partial charge in [-0.2, -0.15) is 0 Å². The number of H-pyrrole nitrogens is 1. The number of likely N-dealkylation sites (tertiary alicyclic amines) is 2. The van der Waals surface area contributed by atoms with E-state index in [1.54, 1.807) is 37.9 Å². The number of nitrogens with one attached hydrogen (secondary N) is 2. The quantitative estimate of drug-likeness (QED) is 0.300. The average molecular weight is 653 g/mol. The molecule has 3 fully saturated rings. The standard InChI is InChI=1S/C36H49FN4O6/c1-6-7-9-12-22(2)21-46-35(45)41-19-27(26-18-38-28-17-24(37)15-16-25(26)28)31-32(41)29(42)20-40(31)33(43)30(23-13-10-8-11-14-23)39-34(44)47-36(3,4)5/h6-7,9,12,15-18,22-23,27,29-32,38,42H,8,10-11,13-14,19-21H2,1-5H3,(H,39,44). The van der Waals surface area contributed by atoms with Crippen LogP contribution in [-0.4, -0.2) is 87.5 Å². The largest absolute Gasteiger partial charge is 0.449 e. The molecule has 0 radical (unpaired) electrons. The summed E-state index contributed by atoms with van der Waals surface area (Å²) in [7, 11) is 0. The molecule has 47 heavy (non-hydrogen) atoms. The molecule has 256 valence electrons. The molecule has 3 aliphatic rings. The molecule has 11 heteroatoms. The van der Waals surface area contributed by atoms with Gasteiger partial charge >= 0.3 is 12.2 Å². The van der Waals surface area contributed by atoms with Crippen molar-refractivity contribution in [3.05, 3.63) is 60.1 Å². The van der Waals surface area contributed by atoms with Crippen molar-refractivity contribution in [2.24, 2.45) is 11.8 Å². The van der Waals surface area contributed by atoms with E-state index in [1.807, 2.05) is 38.2 Å². The number of carbonyl (C=O) groups excluding carboxylic acids is 3. The predicted molar refractivity (Wildman–Crippen MR) is 177 cm³/mol. The second-order valence-electron chi connectivity index (χ2n) is 14.2. The highest BCUT2D eigenvalue weighted by atomic mass is 19.1. The Hall–Kier alpha value is -3.86. The number of alkyl carbamates (subject to hydrolysis) is 1. The van der Waals surface area contributed by atoms with Gasteiger partial charge in [0.15, 0.2) is 0 Å². The smallest absolute Gasteiger partial charge is 0.410 e. The molecule has 1 aromatic carbocycles. The number of benzene rings is 1. The number of carbonyl (C=O) groups is 3. The number of allylic oxidation sites excluding steroid dienone is 3. The number of hydrogen-bond donors (Lipinski definition) is 3. The Kier molecular flexibility index (Phi) is 10.6. The molecule has 3 N–H and O–H groups in total. The third-order valence-electron chi connectivity index (χ3n) is 9.52. The minimum Gasteiger partial charge on any atom is -0.449 e. The highest BCUT2D eigenvalue weighted by Gasteiger charge is 2.58. The van der Waals surface area contributed by atoms with Crippen molar-refractivity contribution in [3.8, 4) is 0 Å². The molecule has 1 aliphatic carbocycles. The van der Waals surface area contributed by atoms with Crippen molar-refractivity contribution < 1.29 is 33.4 Å². The van der Waals surface area contributed by atoms with Crippen molar-refractivity contribution in [2.45, 2.75) is 102 Å². The maximum absolute atomic E-state index is 14.6. The Balaban J connectivity index is 1.47. The highest BCUT2D eigenvalue weighted by Crippen LogP contribution is 2.44. The molecule has 3 amide bonds. The van der Waals surface area contributed by atoms with Crippen LogP contribution in [0.2, 0.25) is 0 Å². The number of hydrogen-bond acceptors (Lipinski definition) is 6. The van der Waals surface area contributed by atoms with Gasteiger partial charge in [0.25, 0.3) is 0 Å². The summed E-state index contributed by atoms with van der Waals surface area (Å²) in [6, 6.07) is 2.31. The molecule has 5 rings (SSSR count). The molecule has 6 atom stereocenters. The number of aliphatic hydroxyl groups is 1. The molecule has 6 unspecified atom stereocenters. The average Bonchev–Trinajstić information content (AvgIpc) is 3.71. The third-order valence-corrected chi connectivity index (χ3v) is 9.52. The number of β-amino-alcohol motifs (C(OH)–C–C–N with tert-alkyl or cyclic N) is 1. The number of nitrogens with zero attached hydrogens (tertiary/aromatic N) is 2. The summed E-state index contributed by atoms with van der Waals surface area (Å²) in [6.45, 7) is 9.52. The molecule has 3 heterocycles. The molecule has 0 spiro atoms. The summed E-state index contributed by atoms with van der Waals surface area (Å²) in [5, 5.41) is 15.2. The van der Waals surface area contributed by atoms with Crippen molar-refractivity contribution >= 4 is 29.0 Å². The van der Waals surface area contributed by atoms with Gasteiger partial charge in [-0.1, -0.05) is 50.5 Å². The van der Waals surface area contributed by atoms with E-state index in [9.17, 15) is 23.9 Å². The minimum atomic E-state index is -1.04. The third kappa shape index (κ3) is 7.83. The molecule has 2 aromatic rings. The van der Waals surface area contributed by atoms with Crippen LogP contribution in [0.1, 0.15) is 78.2 Å². The lowest BCUT2D eigenvalue weighted by atomic mass is 9.83. The van der Waals surface area contributed by atoms with E-state index < -0.39 is 47.9 Å². The monoisotopic (exact) mass is 652 g/mol. The number of aromatic nitrogens is 1. The van der Waals surface area contributed by atoms with Gasteiger partial charge in [-0.25, -0.2) is 14.0 Å². The molecule has 0 bridgehead atoms. The van der Waals surface area contributed by atoms with Gasteiger partial charge in [-0.3, -0.25) is 9.69 Å². The predicted octanol–water partition coefficient (Wildman–Crippen LogP) is 6.03. The van der Waals surface area contributed by atoms with Gasteiger partial charge in [0.2, 0.25) is 5.91 Å². The summed E-state index contributed by atoms with van der Waals surface area (Å²) in [4.78, 5) is 47.6. The molecule has 2 aliphatic heterocycles. The Morgan fingerprint density at radius 2 is 1.85 bits per heavy atom. The summed E-state index contributed by atoms with van der Waals surface area (Å²) in [5.74, 6) is -1.21. The van der Waals surface area contributed by atoms with Crippen LogP contribution in [0.3, 0.4) is 0 Å². The maximum atomic E-state index is 14.6. The van der Waals surface area contributed by atoms with Gasteiger partial charge < -0.3 is 29.8 Å². The Bertz CT molecular complexity index is 1490. The zero-order valence-electron chi connectivity index (χ0n) is 28.1. The van der Waals surface area contributed by atoms with Crippen LogP contribution in [0.15, 0.2) is 48.7 Å². The normalized spacial score (nSPS) is 25.0. The summed E-state index contributed by atoms with van der Waals surface area (Å²) < 4.78 is 25.4. The van der Waals surface area contributed by atoms with Crippen LogP contribution in [0, 0.1) is 17.7 Å². The van der Waals surface area contributed by atoms with Gasteiger partial charge in [0.1, 0.15) is 17.5 Å². The fourth-order valence-electron chi connectivity index (χ4n) is 7.44. The first kappa shape index (κ1) is 34.5. The molecule has 10 nitrogen and oxygen atoms in total. The van der Waals surface area contributed by atoms with Crippen molar-refractivity contribution in [2.75, 3.05) is 19.7 Å². The van der Waals surface area contributed by atoms with Crippen LogP contribution in [0.5, 0.6) is 0 Å². The van der Waals surface area contributed by atoms with E-state index in [-0.39, 0.29) is 43.3 Å². The fraction of sp³-hybridized carbons (Fsp3) is 0.583. The number of amides is 3. The van der Waals surface area contributed by atoms with E-state index in [1.165, 1.54) is 17.0 Å². The molecular weight excluding hydrogens is 603 g/mol. The van der Waals surface area contributed by atoms with E-state index in [4.69, 9.17) is 9.47 Å². The van der Waals surface area contributed by atoms with Crippen LogP contribution in [0.25, 0.3) is 10.9 Å². The number of halogens is 1. The number of rotatable bonds is 8. The lowest BCUT2D eigenvalue weighted by molar-refractivity contribution is -0.136. The Morgan fingerprint density at radius 3 is 2.55 bits per heavy atom. The number of aromatic amines is 1. The van der Waals surface area contributed by atoms with Crippen LogP contribution < -0.4 is 5.32 Å². The van der Waals surface area contributed by atoms with E-state index in [0.717, 1.165) is 43.1 Å². The second kappa shape index (κ2) is 14.5. The lowest BCUT2D eigenvalue weighted by Crippen LogP contribution is -2.55. The van der Waals surface area contributed by atoms with Gasteiger partial charge in [0.05, 0.1) is 24.8 Å². The van der Waals surface area contributed by atoms with Crippen LogP contribution >= 0.6 is 0 Å². The lowest BCUT2D eigenvalue weighted by Gasteiger charge is -2.36. The fourth-order valence-corrected chi connectivity index (χ4v) is 7.44. The van der Waals surface area contributed by atoms with Gasteiger partial charge in [-0.05, 0) is 70.2 Å². The van der Waals surface area contributed by atoms with Crippen molar-refractivity contribution in [1.29, 1.82) is 0 Å². The van der Waals surface area contributed by atoms with Crippen LogP contribution in [0.4, 0.5) is 14.0 Å². The summed E-state index contributed by atoms with van der Waals surface area (Å²) in [6.07, 6.45) is 11.7. The Labute approximate surface area is 276 Å². The SMILES string of the molecule is CC=CC=CC(C)COC(=O)N1CC(c2c[nH]c3cc(F)ccc23)C2C1C(O)CN2C(=O)C(NC(=O)OC(C)(C)C)C1CCCCC1. The van der Waals surface area contributed by atoms with Crippen molar-refractivity contribution in [1.82, 2.24) is 20.1 Å². The van der Waals surface area contributed by atoms with E-state index >= 15 is 0 Å². The van der Waals surface area contributed by atoms with E-state index in [0.29, 0.717) is 5.52 Å². The second-order valence-corrected chi connectivity index (χ2v) is 14.2. The number of ether oxygens (including phenoxy) is 2. The molecular formula is C36H49FN4O6. The number of aliphatic hydroxyl groups excluding tert-OH is 1. The summed E-state index contributed by atoms with van der Waals surface area (Å²) >= 11 is 0. The first-order valence-corrected chi connectivity index (χ1v) is 16.9. The summed E-state index contributed by atoms with van der Waals surface area (Å²) in [5.41, 5.74) is 0.669. The van der Waals surface area contributed by atoms with Crippen LogP contribution in [-0.2, 0) is 14.3 Å². The molecule has 1 saturated carbocycles. The topological polar surface area (TPSA) is 124 Å². The van der Waals surface area contributed by atoms with Gasteiger partial charge in [-0.15, -0.1) is 0 Å². The number of fused-ring (bicyclic) bond motifs is 2.